The van der Waals surface area contributed by atoms with Gasteiger partial charge in [0.2, 0.25) is 15.8 Å². The Bertz CT molecular complexity index is 1220. The number of hydrogen-bond donors (Lipinski definition) is 0. The Morgan fingerprint density at radius 3 is 2.13 bits per heavy atom. The third-order valence-electron chi connectivity index (χ3n) is 5.13. The van der Waals surface area contributed by atoms with Gasteiger partial charge in [-0.05, 0) is 29.6 Å². The van der Waals surface area contributed by atoms with E-state index in [0.717, 1.165) is 6.07 Å². The zero-order chi connectivity index (χ0) is 22.0. The number of thiophene rings is 1. The number of amides is 1. The lowest BCUT2D eigenvalue weighted by atomic mass is 10.0. The number of rotatable bonds is 5. The van der Waals surface area contributed by atoms with Gasteiger partial charge >= 0.3 is 0 Å². The van der Waals surface area contributed by atoms with Crippen LogP contribution in [0, 0.1) is 5.82 Å². The number of halogens is 1. The van der Waals surface area contributed by atoms with E-state index in [1.165, 1.54) is 38.7 Å². The van der Waals surface area contributed by atoms with Gasteiger partial charge in [0.15, 0.2) is 0 Å². The van der Waals surface area contributed by atoms with Gasteiger partial charge in [0.05, 0.1) is 10.4 Å². The first-order chi connectivity index (χ1) is 14.9. The Balaban J connectivity index is 1.51. The maximum Gasteiger partial charge on any atom is 0.254 e. The van der Waals surface area contributed by atoms with E-state index in [2.05, 4.69) is 0 Å². The van der Waals surface area contributed by atoms with Gasteiger partial charge in [0, 0.05) is 31.7 Å². The molecule has 31 heavy (non-hydrogen) atoms. The van der Waals surface area contributed by atoms with Gasteiger partial charge < -0.3 is 4.90 Å². The molecular formula is C22H19FN2O4S2. The molecule has 0 radical (unpaired) electrons. The van der Waals surface area contributed by atoms with Crippen molar-refractivity contribution in [1.82, 2.24) is 9.21 Å². The molecule has 4 rings (SSSR count). The third kappa shape index (κ3) is 4.16. The van der Waals surface area contributed by atoms with Crippen LogP contribution in [0.4, 0.5) is 4.39 Å². The molecule has 160 valence electrons. The summed E-state index contributed by atoms with van der Waals surface area (Å²) in [5, 5.41) is 1.80. The van der Waals surface area contributed by atoms with Gasteiger partial charge in [-0.3, -0.25) is 9.59 Å². The first-order valence-corrected chi connectivity index (χ1v) is 11.9. The summed E-state index contributed by atoms with van der Waals surface area (Å²) in [4.78, 5) is 27.6. The maximum absolute atomic E-state index is 14.0. The van der Waals surface area contributed by atoms with Crippen molar-refractivity contribution in [2.45, 2.75) is 4.90 Å². The third-order valence-corrected chi connectivity index (χ3v) is 7.93. The van der Waals surface area contributed by atoms with Crippen LogP contribution in [0.25, 0.3) is 0 Å². The molecule has 1 aliphatic heterocycles. The van der Waals surface area contributed by atoms with Crippen LogP contribution in [0.15, 0.2) is 70.9 Å². The minimum absolute atomic E-state index is 0.0451. The molecule has 1 saturated heterocycles. The van der Waals surface area contributed by atoms with E-state index in [1.54, 1.807) is 41.8 Å². The quantitative estimate of drug-likeness (QED) is 0.550. The summed E-state index contributed by atoms with van der Waals surface area (Å²) in [5.41, 5.74) is 0.600. The monoisotopic (exact) mass is 458 g/mol. The summed E-state index contributed by atoms with van der Waals surface area (Å²) in [6, 6.07) is 15.3. The second-order valence-corrected chi connectivity index (χ2v) is 9.83. The van der Waals surface area contributed by atoms with Crippen LogP contribution >= 0.6 is 11.3 Å². The highest BCUT2D eigenvalue weighted by Gasteiger charge is 2.33. The number of piperazine rings is 1. The van der Waals surface area contributed by atoms with Crippen molar-refractivity contribution in [2.24, 2.45) is 0 Å². The van der Waals surface area contributed by atoms with E-state index in [1.807, 2.05) is 0 Å². The minimum atomic E-state index is -3.99. The largest absolute Gasteiger partial charge is 0.336 e. The maximum atomic E-state index is 14.0. The van der Waals surface area contributed by atoms with Crippen molar-refractivity contribution in [3.8, 4) is 0 Å². The molecule has 1 aliphatic rings. The molecule has 2 aromatic carbocycles. The van der Waals surface area contributed by atoms with Gasteiger partial charge in [0.25, 0.3) is 5.91 Å². The lowest BCUT2D eigenvalue weighted by molar-refractivity contribution is 0.0694. The van der Waals surface area contributed by atoms with Gasteiger partial charge in [0.1, 0.15) is 10.7 Å². The van der Waals surface area contributed by atoms with Crippen molar-refractivity contribution >= 4 is 33.1 Å². The average molecular weight is 459 g/mol. The Morgan fingerprint density at radius 1 is 0.839 bits per heavy atom. The standard InChI is InChI=1S/C22H19FN2O4S2/c23-18-8-3-4-10-20(18)31(28,29)25-13-11-24(12-14-25)22(27)17-7-2-1-6-16(17)21(26)19-9-5-15-30-19/h1-10,15H,11-14H2. The first-order valence-electron chi connectivity index (χ1n) is 9.61. The van der Waals surface area contributed by atoms with Crippen LogP contribution in [0.1, 0.15) is 25.6 Å². The van der Waals surface area contributed by atoms with E-state index >= 15 is 0 Å². The van der Waals surface area contributed by atoms with Gasteiger partial charge in [-0.1, -0.05) is 36.4 Å². The van der Waals surface area contributed by atoms with Crippen molar-refractivity contribution in [3.63, 3.8) is 0 Å². The van der Waals surface area contributed by atoms with E-state index in [0.29, 0.717) is 10.4 Å². The lowest BCUT2D eigenvalue weighted by Gasteiger charge is -2.34. The van der Waals surface area contributed by atoms with E-state index in [9.17, 15) is 22.4 Å². The molecule has 6 nitrogen and oxygen atoms in total. The molecule has 1 fully saturated rings. The van der Waals surface area contributed by atoms with Crippen LogP contribution < -0.4 is 0 Å². The number of sulfonamides is 1. The van der Waals surface area contributed by atoms with E-state index in [4.69, 9.17) is 0 Å². The van der Waals surface area contributed by atoms with E-state index in [-0.39, 0.29) is 48.3 Å². The molecule has 1 aromatic heterocycles. The predicted octanol–water partition coefficient (Wildman–Crippen LogP) is 3.26. The Morgan fingerprint density at radius 2 is 1.48 bits per heavy atom. The smallest absolute Gasteiger partial charge is 0.254 e. The summed E-state index contributed by atoms with van der Waals surface area (Å²) in [6.07, 6.45) is 0. The normalized spacial score (nSPS) is 15.1. The van der Waals surface area contributed by atoms with Crippen LogP contribution in [-0.2, 0) is 10.0 Å². The molecule has 0 unspecified atom stereocenters. The topological polar surface area (TPSA) is 74.8 Å². The predicted molar refractivity (Wildman–Crippen MR) is 115 cm³/mol. The van der Waals surface area contributed by atoms with Gasteiger partial charge in [-0.25, -0.2) is 12.8 Å². The van der Waals surface area contributed by atoms with Crippen molar-refractivity contribution < 1.29 is 22.4 Å². The van der Waals surface area contributed by atoms with Crippen molar-refractivity contribution in [2.75, 3.05) is 26.2 Å². The summed E-state index contributed by atoms with van der Waals surface area (Å²) < 4.78 is 40.7. The number of hydrogen-bond acceptors (Lipinski definition) is 5. The Kier molecular flexibility index (Phi) is 5.99. The molecular weight excluding hydrogens is 439 g/mol. The fraction of sp³-hybridized carbons (Fsp3) is 0.182. The van der Waals surface area contributed by atoms with E-state index < -0.39 is 15.8 Å². The SMILES string of the molecule is O=C(c1cccs1)c1ccccc1C(=O)N1CCN(S(=O)(=O)c2ccccc2F)CC1. The number of benzene rings is 2. The Hall–Kier alpha value is -2.88. The molecule has 0 aliphatic carbocycles. The highest BCUT2D eigenvalue weighted by atomic mass is 32.2. The second kappa shape index (κ2) is 8.70. The first kappa shape index (κ1) is 21.4. The minimum Gasteiger partial charge on any atom is -0.336 e. The molecule has 9 heteroatoms. The highest BCUT2D eigenvalue weighted by molar-refractivity contribution is 7.89. The van der Waals surface area contributed by atoms with Gasteiger partial charge in [-0.15, -0.1) is 11.3 Å². The average Bonchev–Trinajstić information content (AvgIpc) is 3.33. The number of nitrogens with zero attached hydrogens (tertiary/aromatic N) is 2. The zero-order valence-corrected chi connectivity index (χ0v) is 18.0. The molecule has 0 spiro atoms. The van der Waals surface area contributed by atoms with Crippen LogP contribution in [0.3, 0.4) is 0 Å². The molecule has 3 aromatic rings. The number of carbonyl (C=O) groups excluding carboxylic acids is 2. The molecule has 0 bridgehead atoms. The fourth-order valence-corrected chi connectivity index (χ4v) is 5.67. The molecule has 1 amide bonds. The highest BCUT2D eigenvalue weighted by Crippen LogP contribution is 2.23. The number of ketones is 1. The summed E-state index contributed by atoms with van der Waals surface area (Å²) in [7, 11) is -3.99. The fourth-order valence-electron chi connectivity index (χ4n) is 3.50. The zero-order valence-electron chi connectivity index (χ0n) is 16.4. The number of carbonyl (C=O) groups is 2. The van der Waals surface area contributed by atoms with Crippen LogP contribution in [-0.4, -0.2) is 55.5 Å². The van der Waals surface area contributed by atoms with Crippen molar-refractivity contribution in [3.05, 3.63) is 87.9 Å². The Labute approximate surface area is 183 Å². The molecule has 0 N–H and O–H groups in total. The molecule has 0 atom stereocenters. The molecule has 0 saturated carbocycles. The van der Waals surface area contributed by atoms with Gasteiger partial charge in [-0.2, -0.15) is 4.31 Å². The summed E-state index contributed by atoms with van der Waals surface area (Å²) in [6.45, 7) is 0.384. The summed E-state index contributed by atoms with van der Waals surface area (Å²) in [5.74, 6) is -1.36. The van der Waals surface area contributed by atoms with Crippen LogP contribution in [0.5, 0.6) is 0 Å². The summed E-state index contributed by atoms with van der Waals surface area (Å²) >= 11 is 1.31. The van der Waals surface area contributed by atoms with Crippen LogP contribution in [0.2, 0.25) is 0 Å². The lowest BCUT2D eigenvalue weighted by Crippen LogP contribution is -2.50. The second-order valence-electron chi connectivity index (χ2n) is 6.98. The molecule has 2 heterocycles. The van der Waals surface area contributed by atoms with Crippen molar-refractivity contribution in [1.29, 1.82) is 0 Å².